The van der Waals surface area contributed by atoms with E-state index in [1.165, 1.54) is 5.56 Å². The molecule has 0 fully saturated rings. The van der Waals surface area contributed by atoms with E-state index in [9.17, 15) is 5.11 Å². The second-order valence-corrected chi connectivity index (χ2v) is 5.72. The van der Waals surface area contributed by atoms with E-state index in [1.54, 1.807) is 10.9 Å². The zero-order valence-electron chi connectivity index (χ0n) is 12.4. The highest BCUT2D eigenvalue weighted by Gasteiger charge is 2.22. The normalized spacial score (nSPS) is 12.7. The van der Waals surface area contributed by atoms with Gasteiger partial charge in [-0.15, -0.1) is 0 Å². The van der Waals surface area contributed by atoms with E-state index in [-0.39, 0.29) is 0 Å². The summed E-state index contributed by atoms with van der Waals surface area (Å²) in [5.74, 6) is 0. The molecule has 0 aliphatic rings. The van der Waals surface area contributed by atoms with Gasteiger partial charge in [0.1, 0.15) is 6.10 Å². The van der Waals surface area contributed by atoms with E-state index in [0.717, 1.165) is 29.7 Å². The first-order valence-electron chi connectivity index (χ1n) is 6.92. The molecule has 1 unspecified atom stereocenters. The Bertz CT molecular complexity index is 596. The van der Waals surface area contributed by atoms with Crippen LogP contribution in [0.4, 0.5) is 0 Å². The van der Waals surface area contributed by atoms with E-state index < -0.39 is 6.10 Å². The lowest BCUT2D eigenvalue weighted by Gasteiger charge is -2.19. The Morgan fingerprint density at radius 3 is 2.40 bits per heavy atom. The third-order valence-electron chi connectivity index (χ3n) is 3.54. The summed E-state index contributed by atoms with van der Waals surface area (Å²) in [6, 6.07) is 4.17. The highest BCUT2D eigenvalue weighted by atomic mass is 35.5. The zero-order valence-corrected chi connectivity index (χ0v) is 13.2. The fraction of sp³-hybridized carbons (Fsp3) is 0.438. The highest BCUT2D eigenvalue weighted by Crippen LogP contribution is 2.32. The van der Waals surface area contributed by atoms with Crippen molar-refractivity contribution in [3.05, 3.63) is 51.3 Å². The van der Waals surface area contributed by atoms with Crippen LogP contribution in [0.3, 0.4) is 0 Å². The Labute approximate surface area is 125 Å². The number of aryl methyl sites for hydroxylation is 4. The number of hydrogen-bond donors (Lipinski definition) is 1. The summed E-state index contributed by atoms with van der Waals surface area (Å²) < 4.78 is 1.80. The number of halogens is 1. The van der Waals surface area contributed by atoms with Crippen molar-refractivity contribution in [2.24, 2.45) is 0 Å². The molecule has 3 nitrogen and oxygen atoms in total. The average molecular weight is 293 g/mol. The van der Waals surface area contributed by atoms with E-state index in [2.05, 4.69) is 31.1 Å². The van der Waals surface area contributed by atoms with Gasteiger partial charge in [-0.1, -0.05) is 36.2 Å². The van der Waals surface area contributed by atoms with Crippen molar-refractivity contribution >= 4 is 11.6 Å². The maximum absolute atomic E-state index is 10.8. The smallest absolute Gasteiger partial charge is 0.123 e. The van der Waals surface area contributed by atoms with Gasteiger partial charge in [-0.25, -0.2) is 0 Å². The van der Waals surface area contributed by atoms with Crippen LogP contribution in [0.15, 0.2) is 18.3 Å². The largest absolute Gasteiger partial charge is 0.382 e. The zero-order chi connectivity index (χ0) is 14.9. The minimum atomic E-state index is -0.739. The number of aliphatic hydroxyl groups excluding tert-OH is 1. The van der Waals surface area contributed by atoms with Gasteiger partial charge in [0.05, 0.1) is 16.9 Å². The fourth-order valence-electron chi connectivity index (χ4n) is 2.79. The van der Waals surface area contributed by atoms with Crippen molar-refractivity contribution < 1.29 is 5.11 Å². The van der Waals surface area contributed by atoms with E-state index >= 15 is 0 Å². The van der Waals surface area contributed by atoms with Crippen molar-refractivity contribution in [3.8, 4) is 0 Å². The molecule has 2 aromatic rings. The predicted molar refractivity (Wildman–Crippen MR) is 82.2 cm³/mol. The average Bonchev–Trinajstić information content (AvgIpc) is 2.69. The summed E-state index contributed by atoms with van der Waals surface area (Å²) in [6.45, 7) is 8.93. The number of nitrogens with zero attached hydrogens (tertiary/aromatic N) is 2. The van der Waals surface area contributed by atoms with Gasteiger partial charge in [-0.2, -0.15) is 5.10 Å². The van der Waals surface area contributed by atoms with Crippen LogP contribution >= 0.6 is 11.6 Å². The Kier molecular flexibility index (Phi) is 4.51. The molecule has 0 bridgehead atoms. The number of benzene rings is 1. The lowest BCUT2D eigenvalue weighted by molar-refractivity contribution is 0.206. The topological polar surface area (TPSA) is 38.0 Å². The van der Waals surface area contributed by atoms with E-state index in [1.807, 2.05) is 13.8 Å². The van der Waals surface area contributed by atoms with Gasteiger partial charge in [0.25, 0.3) is 0 Å². The molecule has 0 saturated carbocycles. The molecule has 20 heavy (non-hydrogen) atoms. The Hall–Kier alpha value is -1.32. The molecule has 0 aliphatic carbocycles. The van der Waals surface area contributed by atoms with Crippen molar-refractivity contribution in [2.45, 2.75) is 46.8 Å². The predicted octanol–water partition coefficient (Wildman–Crippen LogP) is 3.95. The van der Waals surface area contributed by atoms with Crippen molar-refractivity contribution in [1.29, 1.82) is 0 Å². The summed E-state index contributed by atoms with van der Waals surface area (Å²) in [7, 11) is 0. The van der Waals surface area contributed by atoms with Crippen molar-refractivity contribution in [2.75, 3.05) is 0 Å². The molecule has 108 valence electrons. The molecule has 0 saturated heterocycles. The summed E-state index contributed by atoms with van der Waals surface area (Å²) >= 11 is 6.22. The maximum Gasteiger partial charge on any atom is 0.123 e. The Morgan fingerprint density at radius 2 is 1.85 bits per heavy atom. The molecule has 1 N–H and O–H groups in total. The second kappa shape index (κ2) is 5.98. The van der Waals surface area contributed by atoms with E-state index in [0.29, 0.717) is 10.7 Å². The molecule has 2 rings (SSSR count). The van der Waals surface area contributed by atoms with Crippen LogP contribution in [0.5, 0.6) is 0 Å². The quantitative estimate of drug-likeness (QED) is 0.926. The second-order valence-electron chi connectivity index (χ2n) is 5.32. The summed E-state index contributed by atoms with van der Waals surface area (Å²) in [5, 5.41) is 15.5. The van der Waals surface area contributed by atoms with Crippen molar-refractivity contribution in [1.82, 2.24) is 9.78 Å². The number of aromatic nitrogens is 2. The standard InChI is InChI=1S/C16H21ClN2O/c1-5-6-19-15(13(17)9-18-19)16(20)14-11(3)7-10(2)8-12(14)4/h7-9,16,20H,5-6H2,1-4H3. The molecule has 0 amide bonds. The highest BCUT2D eigenvalue weighted by molar-refractivity contribution is 6.31. The van der Waals surface area contributed by atoms with Crippen LogP contribution in [-0.4, -0.2) is 14.9 Å². The van der Waals surface area contributed by atoms with Gasteiger partial charge in [0.2, 0.25) is 0 Å². The molecular formula is C16H21ClN2O. The van der Waals surface area contributed by atoms with Gasteiger partial charge in [0, 0.05) is 6.54 Å². The molecule has 1 atom stereocenters. The summed E-state index contributed by atoms with van der Waals surface area (Å²) in [5.41, 5.74) is 4.97. The van der Waals surface area contributed by atoms with Crippen LogP contribution in [-0.2, 0) is 6.54 Å². The SMILES string of the molecule is CCCn1ncc(Cl)c1C(O)c1c(C)cc(C)cc1C. The molecule has 1 heterocycles. The molecule has 0 radical (unpaired) electrons. The number of hydrogen-bond acceptors (Lipinski definition) is 2. The third kappa shape index (κ3) is 2.74. The lowest BCUT2D eigenvalue weighted by atomic mass is 9.94. The first kappa shape index (κ1) is 15.1. The van der Waals surface area contributed by atoms with Gasteiger partial charge < -0.3 is 5.11 Å². The Morgan fingerprint density at radius 1 is 1.25 bits per heavy atom. The minimum absolute atomic E-state index is 0.519. The van der Waals surface area contributed by atoms with Gasteiger partial charge >= 0.3 is 0 Å². The molecule has 1 aromatic carbocycles. The van der Waals surface area contributed by atoms with Crippen LogP contribution in [0.2, 0.25) is 5.02 Å². The van der Waals surface area contributed by atoms with Gasteiger partial charge in [-0.05, 0) is 43.9 Å². The van der Waals surface area contributed by atoms with Crippen LogP contribution in [0, 0.1) is 20.8 Å². The summed E-state index contributed by atoms with van der Waals surface area (Å²) in [4.78, 5) is 0. The van der Waals surface area contributed by atoms with Crippen molar-refractivity contribution in [3.63, 3.8) is 0 Å². The number of aliphatic hydroxyl groups is 1. The third-order valence-corrected chi connectivity index (χ3v) is 3.83. The summed E-state index contributed by atoms with van der Waals surface area (Å²) in [6.07, 6.45) is 1.82. The fourth-order valence-corrected chi connectivity index (χ4v) is 3.04. The minimum Gasteiger partial charge on any atom is -0.382 e. The molecule has 0 spiro atoms. The Balaban J connectivity index is 2.52. The van der Waals surface area contributed by atoms with Crippen LogP contribution in [0.1, 0.15) is 47.4 Å². The van der Waals surface area contributed by atoms with E-state index in [4.69, 9.17) is 11.6 Å². The monoisotopic (exact) mass is 292 g/mol. The molecular weight excluding hydrogens is 272 g/mol. The molecule has 0 aliphatic heterocycles. The lowest BCUT2D eigenvalue weighted by Crippen LogP contribution is -2.13. The number of rotatable bonds is 4. The molecule has 4 heteroatoms. The van der Waals surface area contributed by atoms with Gasteiger partial charge in [0.15, 0.2) is 0 Å². The molecule has 1 aromatic heterocycles. The first-order valence-corrected chi connectivity index (χ1v) is 7.30. The van der Waals surface area contributed by atoms with Gasteiger partial charge in [-0.3, -0.25) is 4.68 Å². The van der Waals surface area contributed by atoms with Crippen LogP contribution < -0.4 is 0 Å². The van der Waals surface area contributed by atoms with Crippen LogP contribution in [0.25, 0.3) is 0 Å². The first-order chi connectivity index (χ1) is 9.45. The maximum atomic E-state index is 10.8.